The molecule has 0 bridgehead atoms. The molecule has 27 heteroatoms. The van der Waals surface area contributed by atoms with Crippen LogP contribution in [-0.2, 0) is 91.0 Å². The van der Waals surface area contributed by atoms with Gasteiger partial charge in [0.1, 0.15) is 39.6 Å². The van der Waals surface area contributed by atoms with E-state index in [9.17, 15) is 57.5 Å². The van der Waals surface area contributed by atoms with Crippen LogP contribution in [0.2, 0.25) is 0 Å². The standard InChI is InChI=1S/C53H76N6O21/c1-9-42(60)72-31-39(32-73-43(61)10-2)78-48(66)54-25-19-13-16-22-28-57-51(69)58(29-23-17-14-20-26-55-49(67)79-40(33-74-44(62)11-3)35-76-46(64)37(5)6)53(71)59(52(57)70)30-24-18-15-21-27-56-50(68)80-41(34-75-45(63)12-4)36-77-47(65)38(7)8/h9-12,39-41H,1-5,7,13-36H2,6,8H3,(H,54,66)(H,55,67)(H,56,68). The van der Waals surface area contributed by atoms with Gasteiger partial charge < -0.3 is 58.6 Å². The van der Waals surface area contributed by atoms with E-state index >= 15 is 0 Å². The van der Waals surface area contributed by atoms with Gasteiger partial charge in [-0.1, -0.05) is 78.0 Å². The van der Waals surface area contributed by atoms with E-state index in [1.807, 2.05) is 0 Å². The third-order valence-corrected chi connectivity index (χ3v) is 10.8. The molecule has 1 rings (SSSR count). The van der Waals surface area contributed by atoms with Crippen LogP contribution in [0.3, 0.4) is 0 Å². The van der Waals surface area contributed by atoms with Gasteiger partial charge in [-0.15, -0.1) is 0 Å². The van der Waals surface area contributed by atoms with E-state index in [1.54, 1.807) is 0 Å². The molecule has 0 aromatic carbocycles. The molecule has 2 atom stereocenters. The maximum absolute atomic E-state index is 13.8. The van der Waals surface area contributed by atoms with E-state index in [0.717, 1.165) is 38.0 Å². The quantitative estimate of drug-likeness (QED) is 0.0366. The Hall–Kier alpha value is -8.52. The maximum Gasteiger partial charge on any atom is 0.407 e. The Bertz CT molecular complexity index is 2340. The highest BCUT2D eigenvalue weighted by molar-refractivity contribution is 5.87. The van der Waals surface area contributed by atoms with Gasteiger partial charge in [0.05, 0.1) is 0 Å². The molecule has 0 saturated heterocycles. The number of carbonyl (C=O) groups excluding carboxylic acids is 9. The van der Waals surface area contributed by atoms with Crippen LogP contribution in [-0.4, -0.2) is 145 Å². The van der Waals surface area contributed by atoms with E-state index in [2.05, 4.69) is 55.4 Å². The Kier molecular flexibility index (Phi) is 35.3. The van der Waals surface area contributed by atoms with Gasteiger partial charge in [0, 0.05) is 74.7 Å². The Morgan fingerprint density at radius 1 is 0.388 bits per heavy atom. The maximum atomic E-state index is 13.8. The average Bonchev–Trinajstić information content (AvgIpc) is 3.43. The fraction of sp³-hybridized carbons (Fsp3) is 0.547. The summed E-state index contributed by atoms with van der Waals surface area (Å²) < 4.78 is 48.5. The lowest BCUT2D eigenvalue weighted by atomic mass is 10.2. The molecule has 0 aliphatic rings. The van der Waals surface area contributed by atoms with Crippen LogP contribution in [0.5, 0.6) is 0 Å². The lowest BCUT2D eigenvalue weighted by Crippen LogP contribution is -2.54. The predicted octanol–water partition coefficient (Wildman–Crippen LogP) is 3.29. The molecule has 3 amide bonds. The number of carbonyl (C=O) groups is 9. The number of hydrogen-bond donors (Lipinski definition) is 3. The van der Waals surface area contributed by atoms with Crippen LogP contribution in [0.15, 0.2) is 89.3 Å². The van der Waals surface area contributed by atoms with Gasteiger partial charge in [0.2, 0.25) is 0 Å². The van der Waals surface area contributed by atoms with Crippen LogP contribution in [0, 0.1) is 0 Å². The van der Waals surface area contributed by atoms with Gasteiger partial charge in [-0.3, -0.25) is 0 Å². The number of nitrogens with zero attached hydrogens (tertiary/aromatic N) is 3. The molecule has 1 aromatic heterocycles. The summed E-state index contributed by atoms with van der Waals surface area (Å²) in [6, 6.07) is 0. The van der Waals surface area contributed by atoms with Crippen LogP contribution < -0.4 is 33.0 Å². The number of esters is 6. The minimum absolute atomic E-state index is 0.0206. The molecule has 3 N–H and O–H groups in total. The highest BCUT2D eigenvalue weighted by Crippen LogP contribution is 2.07. The van der Waals surface area contributed by atoms with Crippen molar-refractivity contribution in [3.05, 3.63) is 106 Å². The van der Waals surface area contributed by atoms with Crippen LogP contribution >= 0.6 is 0 Å². The van der Waals surface area contributed by atoms with Gasteiger partial charge in [-0.2, -0.15) is 0 Å². The molecule has 0 radical (unpaired) electrons. The lowest BCUT2D eigenvalue weighted by Gasteiger charge is -2.18. The van der Waals surface area contributed by atoms with E-state index in [-0.39, 0.29) is 50.4 Å². The zero-order chi connectivity index (χ0) is 59.8. The number of nitrogens with one attached hydrogen (secondary N) is 3. The van der Waals surface area contributed by atoms with Crippen molar-refractivity contribution in [1.29, 1.82) is 0 Å². The van der Waals surface area contributed by atoms with E-state index in [1.165, 1.54) is 13.8 Å². The third-order valence-electron chi connectivity index (χ3n) is 10.8. The molecule has 27 nitrogen and oxygen atoms in total. The van der Waals surface area contributed by atoms with Crippen molar-refractivity contribution < 1.29 is 85.8 Å². The summed E-state index contributed by atoms with van der Waals surface area (Å²) in [5, 5.41) is 7.69. The molecule has 1 heterocycles. The SMILES string of the molecule is C=CC(=O)OCC(COC(=O)C=C)OC(=O)NCCCCCCn1c(=O)n(CCCCCCNC(=O)OC(COC(=O)C=C)COC(=O)C(=C)C)c(=O)n(CCCCCCNC(=O)OC(COC(=O)C=C)COC(=O)C(=C)C)c1=O. The Labute approximate surface area is 462 Å². The summed E-state index contributed by atoms with van der Waals surface area (Å²) in [4.78, 5) is 149. The Morgan fingerprint density at radius 3 is 0.838 bits per heavy atom. The average molecular weight is 1130 g/mol. The van der Waals surface area contributed by atoms with Crippen molar-refractivity contribution in [3.8, 4) is 0 Å². The van der Waals surface area contributed by atoms with E-state index < -0.39 is 129 Å². The first kappa shape index (κ1) is 69.5. The van der Waals surface area contributed by atoms with Crippen LogP contribution in [0.1, 0.15) is 90.9 Å². The van der Waals surface area contributed by atoms with Gasteiger partial charge >= 0.3 is 71.2 Å². The van der Waals surface area contributed by atoms with Crippen molar-refractivity contribution in [2.45, 2.75) is 129 Å². The lowest BCUT2D eigenvalue weighted by molar-refractivity contribution is -0.148. The molecule has 0 spiro atoms. The number of amides is 3. The topological polar surface area (TPSA) is 339 Å². The van der Waals surface area contributed by atoms with Crippen molar-refractivity contribution in [2.75, 3.05) is 59.3 Å². The number of ether oxygens (including phenoxy) is 9. The zero-order valence-electron chi connectivity index (χ0n) is 45.7. The molecular weight excluding hydrogens is 1060 g/mol. The summed E-state index contributed by atoms with van der Waals surface area (Å²) in [5.74, 6) is -4.57. The summed E-state index contributed by atoms with van der Waals surface area (Å²) in [6.07, 6.45) is 3.34. The van der Waals surface area contributed by atoms with E-state index in [0.29, 0.717) is 77.0 Å². The molecule has 0 aliphatic carbocycles. The van der Waals surface area contributed by atoms with Crippen molar-refractivity contribution in [2.24, 2.45) is 0 Å². The fourth-order valence-corrected chi connectivity index (χ4v) is 6.52. The number of aromatic nitrogens is 3. The molecule has 80 heavy (non-hydrogen) atoms. The summed E-state index contributed by atoms with van der Waals surface area (Å²) in [5.41, 5.74) is -2.13. The number of unbranched alkanes of at least 4 members (excludes halogenated alkanes) is 9. The first-order valence-electron chi connectivity index (χ1n) is 25.8. The minimum atomic E-state index is -1.12. The van der Waals surface area contributed by atoms with Gasteiger partial charge in [-0.25, -0.2) is 71.2 Å². The Balaban J connectivity index is 2.96. The molecule has 444 valence electrons. The van der Waals surface area contributed by atoms with Gasteiger partial charge in [0.25, 0.3) is 0 Å². The highest BCUT2D eigenvalue weighted by Gasteiger charge is 2.22. The van der Waals surface area contributed by atoms with E-state index in [4.69, 9.17) is 42.6 Å². The molecule has 0 saturated carbocycles. The normalized spacial score (nSPS) is 11.2. The molecular formula is C53H76N6O21. The minimum Gasteiger partial charge on any atom is -0.458 e. The second kappa shape index (κ2) is 40.7. The first-order chi connectivity index (χ1) is 38.2. The monoisotopic (exact) mass is 1130 g/mol. The van der Waals surface area contributed by atoms with Crippen molar-refractivity contribution in [3.63, 3.8) is 0 Å². The predicted molar refractivity (Wildman–Crippen MR) is 286 cm³/mol. The molecule has 1 aromatic rings. The number of rotatable bonds is 42. The fourth-order valence-electron chi connectivity index (χ4n) is 6.52. The highest BCUT2D eigenvalue weighted by atomic mass is 16.6. The summed E-state index contributed by atoms with van der Waals surface area (Å²) >= 11 is 0. The van der Waals surface area contributed by atoms with Crippen LogP contribution in [0.4, 0.5) is 14.4 Å². The van der Waals surface area contributed by atoms with Gasteiger partial charge in [0.15, 0.2) is 18.3 Å². The molecule has 0 aliphatic heterocycles. The summed E-state index contributed by atoms with van der Waals surface area (Å²) in [7, 11) is 0. The zero-order valence-corrected chi connectivity index (χ0v) is 45.7. The first-order valence-corrected chi connectivity index (χ1v) is 25.8. The second-order valence-corrected chi connectivity index (χ2v) is 17.5. The third kappa shape index (κ3) is 30.4. The number of hydrogen-bond acceptors (Lipinski definition) is 21. The number of alkyl carbamates (subject to hydrolysis) is 3. The molecule has 2 unspecified atom stereocenters. The Morgan fingerprint density at radius 2 is 0.613 bits per heavy atom. The van der Waals surface area contributed by atoms with Crippen molar-refractivity contribution >= 4 is 54.1 Å². The molecule has 0 fully saturated rings. The van der Waals surface area contributed by atoms with Crippen molar-refractivity contribution in [1.82, 2.24) is 29.7 Å². The smallest absolute Gasteiger partial charge is 0.407 e. The summed E-state index contributed by atoms with van der Waals surface area (Å²) in [6.45, 7) is 21.0. The largest absolute Gasteiger partial charge is 0.458 e. The second-order valence-electron chi connectivity index (χ2n) is 17.5. The van der Waals surface area contributed by atoms with Crippen LogP contribution in [0.25, 0.3) is 0 Å². The van der Waals surface area contributed by atoms with Gasteiger partial charge in [-0.05, 0) is 52.4 Å².